The Hall–Kier alpha value is -3.47. The Morgan fingerprint density at radius 2 is 1.83 bits per heavy atom. The van der Waals surface area contributed by atoms with Crippen LogP contribution in [0.25, 0.3) is 11.0 Å². The molecule has 1 aromatic heterocycles. The van der Waals surface area contributed by atoms with E-state index >= 15 is 0 Å². The number of hydrogen-bond acceptors (Lipinski definition) is 5. The average Bonchev–Trinajstić information content (AvgIpc) is 2.69. The minimum absolute atomic E-state index is 0.0433. The van der Waals surface area contributed by atoms with Crippen molar-refractivity contribution in [2.75, 3.05) is 0 Å². The van der Waals surface area contributed by atoms with Gasteiger partial charge < -0.3 is 9.52 Å². The van der Waals surface area contributed by atoms with Gasteiger partial charge in [-0.2, -0.15) is 0 Å². The van der Waals surface area contributed by atoms with Crippen LogP contribution in [-0.2, 0) is 0 Å². The van der Waals surface area contributed by atoms with E-state index in [0.29, 0.717) is 17.7 Å². The number of phenols is 1. The molecule has 0 spiro atoms. The Kier molecular flexibility index (Phi) is 4.46. The molecule has 1 aliphatic rings. The summed E-state index contributed by atoms with van der Waals surface area (Å²) in [6, 6.07) is 7.43. The van der Waals surface area contributed by atoms with Crippen molar-refractivity contribution in [2.45, 2.75) is 33.1 Å². The van der Waals surface area contributed by atoms with Gasteiger partial charge in [0.1, 0.15) is 17.1 Å². The van der Waals surface area contributed by atoms with Gasteiger partial charge in [0.15, 0.2) is 11.2 Å². The summed E-state index contributed by atoms with van der Waals surface area (Å²) in [6.07, 6.45) is 4.57. The Morgan fingerprint density at radius 3 is 2.55 bits per heavy atom. The highest BCUT2D eigenvalue weighted by Crippen LogP contribution is 2.37. The zero-order valence-corrected chi connectivity index (χ0v) is 16.4. The third-order valence-electron chi connectivity index (χ3n) is 5.42. The second-order valence-corrected chi connectivity index (χ2v) is 7.40. The van der Waals surface area contributed by atoms with Crippen molar-refractivity contribution in [3.8, 4) is 5.75 Å². The summed E-state index contributed by atoms with van der Waals surface area (Å²) in [5.41, 5.74) is 0.775. The molecule has 1 unspecified atom stereocenters. The van der Waals surface area contributed by atoms with E-state index in [-0.39, 0.29) is 56.1 Å². The molecule has 0 saturated carbocycles. The second kappa shape index (κ2) is 6.85. The van der Waals surface area contributed by atoms with Gasteiger partial charge in [-0.3, -0.25) is 14.4 Å². The molecule has 0 radical (unpaired) electrons. The molecule has 2 aromatic carbocycles. The van der Waals surface area contributed by atoms with E-state index in [0.717, 1.165) is 0 Å². The maximum atomic E-state index is 13.3. The first-order valence-corrected chi connectivity index (χ1v) is 9.49. The molecule has 4 rings (SSSR count). The molecule has 0 amide bonds. The lowest BCUT2D eigenvalue weighted by Gasteiger charge is -2.20. The van der Waals surface area contributed by atoms with Crippen LogP contribution in [-0.4, -0.2) is 16.7 Å². The molecule has 1 atom stereocenters. The van der Waals surface area contributed by atoms with Crippen LogP contribution >= 0.6 is 0 Å². The molecule has 1 aliphatic carbocycles. The normalized spacial score (nSPS) is 14.3. The summed E-state index contributed by atoms with van der Waals surface area (Å²) in [7, 11) is 0. The number of benzene rings is 2. The van der Waals surface area contributed by atoms with E-state index in [4.69, 9.17) is 4.42 Å². The van der Waals surface area contributed by atoms with Gasteiger partial charge in [0.2, 0.25) is 5.78 Å². The van der Waals surface area contributed by atoms with E-state index in [1.165, 1.54) is 24.3 Å². The van der Waals surface area contributed by atoms with Gasteiger partial charge in [-0.1, -0.05) is 31.2 Å². The lowest BCUT2D eigenvalue weighted by Crippen LogP contribution is -2.23. The summed E-state index contributed by atoms with van der Waals surface area (Å²) in [6.45, 7) is 5.57. The number of ketones is 2. The van der Waals surface area contributed by atoms with Crippen molar-refractivity contribution < 1.29 is 19.1 Å². The molecule has 0 saturated heterocycles. The fourth-order valence-electron chi connectivity index (χ4n) is 3.89. The molecule has 0 fully saturated rings. The fraction of sp³-hybridized carbons (Fsp3) is 0.208. The lowest BCUT2D eigenvalue weighted by atomic mass is 9.81. The van der Waals surface area contributed by atoms with E-state index in [9.17, 15) is 19.5 Å². The van der Waals surface area contributed by atoms with Gasteiger partial charge in [-0.15, -0.1) is 0 Å². The summed E-state index contributed by atoms with van der Waals surface area (Å²) in [5.74, 6) is -0.768. The van der Waals surface area contributed by atoms with E-state index in [1.807, 2.05) is 26.0 Å². The quantitative estimate of drug-likeness (QED) is 0.516. The number of aryl methyl sites for hydroxylation is 1. The standard InChI is InChI=1S/C24H20O5/c1-4-5-7-12(2)18-11-17(26)19-13(3)10-15-21(24(19)29-18)23(28)20-14(22(15)27)8-6-9-16(20)25/h4-6,8-12,25H,7H2,1-3H3/b5-4-. The third kappa shape index (κ3) is 2.81. The first-order chi connectivity index (χ1) is 13.8. The van der Waals surface area contributed by atoms with Crippen LogP contribution in [0.15, 0.2) is 51.7 Å². The highest BCUT2D eigenvalue weighted by Gasteiger charge is 2.35. The number of rotatable bonds is 3. The number of fused-ring (bicyclic) bond motifs is 4. The van der Waals surface area contributed by atoms with Crippen LogP contribution in [0.5, 0.6) is 5.75 Å². The lowest BCUT2D eigenvalue weighted by molar-refractivity contribution is 0.0977. The number of allylic oxidation sites excluding steroid dienone is 2. The van der Waals surface area contributed by atoms with Gasteiger partial charge >= 0.3 is 0 Å². The van der Waals surface area contributed by atoms with E-state index in [2.05, 4.69) is 0 Å². The predicted octanol–water partition coefficient (Wildman–Crippen LogP) is 4.65. The Bertz CT molecular complexity index is 1280. The first kappa shape index (κ1) is 18.9. The van der Waals surface area contributed by atoms with Crippen molar-refractivity contribution in [2.24, 2.45) is 0 Å². The van der Waals surface area contributed by atoms with Crippen LogP contribution in [0.2, 0.25) is 0 Å². The molecular weight excluding hydrogens is 368 g/mol. The SMILES string of the molecule is C/C=C\CC(C)c1cc(=O)c2c(C)cc3c(c2o1)C(=O)c1c(O)cccc1C3=O. The smallest absolute Gasteiger partial charge is 0.202 e. The van der Waals surface area contributed by atoms with Crippen LogP contribution in [0.3, 0.4) is 0 Å². The topological polar surface area (TPSA) is 84.6 Å². The summed E-state index contributed by atoms with van der Waals surface area (Å²) in [5, 5.41) is 10.5. The molecule has 5 nitrogen and oxygen atoms in total. The predicted molar refractivity (Wildman–Crippen MR) is 110 cm³/mol. The maximum Gasteiger partial charge on any atom is 0.202 e. The monoisotopic (exact) mass is 388 g/mol. The van der Waals surface area contributed by atoms with Crippen LogP contribution in [0, 0.1) is 6.92 Å². The zero-order valence-electron chi connectivity index (χ0n) is 16.4. The van der Waals surface area contributed by atoms with E-state index < -0.39 is 5.78 Å². The summed E-state index contributed by atoms with van der Waals surface area (Å²) >= 11 is 0. The molecule has 146 valence electrons. The summed E-state index contributed by atoms with van der Waals surface area (Å²) < 4.78 is 6.07. The molecule has 1 N–H and O–H groups in total. The number of hydrogen-bond donors (Lipinski definition) is 1. The highest BCUT2D eigenvalue weighted by atomic mass is 16.3. The molecule has 1 heterocycles. The second-order valence-electron chi connectivity index (χ2n) is 7.40. The largest absolute Gasteiger partial charge is 0.507 e. The summed E-state index contributed by atoms with van der Waals surface area (Å²) in [4.78, 5) is 39.2. The Balaban J connectivity index is 2.06. The van der Waals surface area contributed by atoms with Crippen molar-refractivity contribution in [1.29, 1.82) is 0 Å². The minimum Gasteiger partial charge on any atom is -0.507 e. The molecular formula is C24H20O5. The Labute approximate surface area is 167 Å². The van der Waals surface area contributed by atoms with Crippen molar-refractivity contribution in [1.82, 2.24) is 0 Å². The van der Waals surface area contributed by atoms with Gasteiger partial charge in [-0.05, 0) is 38.0 Å². The van der Waals surface area contributed by atoms with Crippen molar-refractivity contribution in [3.63, 3.8) is 0 Å². The van der Waals surface area contributed by atoms with E-state index in [1.54, 1.807) is 13.0 Å². The average molecular weight is 388 g/mol. The van der Waals surface area contributed by atoms with Crippen LogP contribution < -0.4 is 5.43 Å². The van der Waals surface area contributed by atoms with Crippen molar-refractivity contribution >= 4 is 22.5 Å². The van der Waals surface area contributed by atoms with Crippen molar-refractivity contribution in [3.05, 3.63) is 86.3 Å². The maximum absolute atomic E-state index is 13.3. The zero-order chi connectivity index (χ0) is 20.9. The number of carbonyl (C=O) groups is 2. The molecule has 0 bridgehead atoms. The number of carbonyl (C=O) groups excluding carboxylic acids is 2. The molecule has 3 aromatic rings. The number of phenolic OH excluding ortho intramolecular Hbond substituents is 1. The Morgan fingerprint density at radius 1 is 1.07 bits per heavy atom. The fourth-order valence-corrected chi connectivity index (χ4v) is 3.89. The van der Waals surface area contributed by atoms with Gasteiger partial charge in [-0.25, -0.2) is 0 Å². The molecule has 5 heteroatoms. The van der Waals surface area contributed by atoms with Crippen LogP contribution in [0.4, 0.5) is 0 Å². The van der Waals surface area contributed by atoms with Gasteiger partial charge in [0.05, 0.1) is 16.5 Å². The van der Waals surface area contributed by atoms with Crippen LogP contribution in [0.1, 0.15) is 69.4 Å². The number of aromatic hydroxyl groups is 1. The van der Waals surface area contributed by atoms with Gasteiger partial charge in [0.25, 0.3) is 0 Å². The minimum atomic E-state index is -0.515. The molecule has 29 heavy (non-hydrogen) atoms. The highest BCUT2D eigenvalue weighted by molar-refractivity contribution is 6.32. The molecule has 0 aliphatic heterocycles. The third-order valence-corrected chi connectivity index (χ3v) is 5.42. The van der Waals surface area contributed by atoms with Gasteiger partial charge in [0, 0.05) is 23.1 Å². The first-order valence-electron chi connectivity index (χ1n) is 9.49.